The summed E-state index contributed by atoms with van der Waals surface area (Å²) < 4.78 is 52.8. The zero-order valence-electron chi connectivity index (χ0n) is 63.4. The van der Waals surface area contributed by atoms with Crippen LogP contribution in [0.4, 0.5) is 25.8 Å². The van der Waals surface area contributed by atoms with Gasteiger partial charge in [0, 0.05) is 145 Å². The Labute approximate surface area is 648 Å². The van der Waals surface area contributed by atoms with Gasteiger partial charge in [-0.1, -0.05) is 63.7 Å². The second kappa shape index (κ2) is 39.6. The molecule has 111 heavy (non-hydrogen) atoms. The first-order chi connectivity index (χ1) is 51.8. The summed E-state index contributed by atoms with van der Waals surface area (Å²) >= 11 is 0. The highest BCUT2D eigenvalue weighted by Gasteiger charge is 2.35. The van der Waals surface area contributed by atoms with Crippen LogP contribution in [-0.2, 0) is 33.8 Å². The molecule has 4 aromatic heterocycles. The van der Waals surface area contributed by atoms with Crippen LogP contribution >= 0.6 is 0 Å². The van der Waals surface area contributed by atoms with Gasteiger partial charge in [-0.3, -0.25) is 28.8 Å². The summed E-state index contributed by atoms with van der Waals surface area (Å²) in [5, 5.41) is 2.43. The fourth-order valence-electron chi connectivity index (χ4n) is 13.7. The molecule has 12 rings (SSSR count). The number of para-hydroxylation sites is 1. The first-order valence-electron chi connectivity index (χ1n) is 36.5. The number of halogens is 2. The molecule has 9 aromatic rings. The zero-order chi connectivity index (χ0) is 77.6. The summed E-state index contributed by atoms with van der Waals surface area (Å²) in [5.74, 6) is -2.92. The summed E-state index contributed by atoms with van der Waals surface area (Å²) in [6, 6.07) is 33.7. The minimum absolute atomic E-state index is 0. The maximum atomic E-state index is 13.8. The molecule has 0 N–H and O–H groups in total. The Hall–Kier alpha value is -11.0. The molecular formula is C84H108F2N12O13. The molecule has 3 aliphatic rings. The van der Waals surface area contributed by atoms with Crippen LogP contribution in [0.3, 0.4) is 0 Å². The number of hydrogen-bond acceptors (Lipinski definition) is 19. The van der Waals surface area contributed by atoms with Crippen molar-refractivity contribution in [2.45, 2.75) is 76.5 Å². The lowest BCUT2D eigenvalue weighted by Crippen LogP contribution is -2.50. The van der Waals surface area contributed by atoms with Gasteiger partial charge < -0.3 is 76.4 Å². The first-order valence-corrected chi connectivity index (χ1v) is 36.5. The Kier molecular flexibility index (Phi) is 31.1. The van der Waals surface area contributed by atoms with Crippen molar-refractivity contribution in [1.29, 1.82) is 0 Å². The van der Waals surface area contributed by atoms with Crippen molar-refractivity contribution in [1.82, 2.24) is 43.1 Å². The fraction of sp³-hybridized carbons (Fsp3) is 0.417. The van der Waals surface area contributed by atoms with E-state index >= 15 is 0 Å². The van der Waals surface area contributed by atoms with Gasteiger partial charge in [0.15, 0.2) is 5.76 Å². The number of aromatic nitrogens is 3. The molecule has 0 radical (unpaired) electrons. The minimum atomic E-state index is -0.647. The highest BCUT2D eigenvalue weighted by Crippen LogP contribution is 2.35. The Balaban J connectivity index is 0.000000228. The number of benzene rings is 5. The van der Waals surface area contributed by atoms with Crippen LogP contribution in [-0.4, -0.2) is 239 Å². The van der Waals surface area contributed by atoms with Gasteiger partial charge in [-0.15, -0.1) is 0 Å². The number of anilines is 3. The van der Waals surface area contributed by atoms with Gasteiger partial charge in [0.05, 0.1) is 59.7 Å². The number of carbonyl (C=O) groups excluding carboxylic acids is 6. The van der Waals surface area contributed by atoms with Crippen molar-refractivity contribution >= 4 is 85.4 Å². The number of piperazine rings is 3. The standard InChI is InChI=1S/C28H33FN4O4.C27H31FN4O4.C26H32N4O5.3CH4/c1-5-37-28(36)24-25(22-18-19(2)6-11-23(22)33(27(24)35)17-12-30(3)4)31-13-15-32(16-14-31)26(34)20-7-9-21(29)10-8-20;1-4-36-27(35)23-24(21-7-5-6-8-22(21)32(26(23)34)18-13-29(2)3)30-14-16-31(17-15-30)25(33)19-9-11-20(28)12-10-19;1-5-34-26(33)22-23(28-11-13-29(14-12-28)24(31)21-7-6-16-35-21)19-17-18(2)8-9-20(19)30(25(22)32)15-10-27(3)4;;;/h6-11,18H,5,12-17H2,1-4H3;5-12H,4,13-18H2,1-3H3;6-9,16-17H,5,10-15H2,1-4H3;3*1H4. The van der Waals surface area contributed by atoms with Crippen molar-refractivity contribution in [3.8, 4) is 0 Å². The number of furan rings is 1. The number of carbonyl (C=O) groups is 6. The largest absolute Gasteiger partial charge is 0.462 e. The number of fused-ring (bicyclic) bond motifs is 3. The summed E-state index contributed by atoms with van der Waals surface area (Å²) in [7, 11) is 11.6. The van der Waals surface area contributed by atoms with Crippen LogP contribution in [0.15, 0.2) is 146 Å². The maximum absolute atomic E-state index is 13.8. The van der Waals surface area contributed by atoms with E-state index in [0.717, 1.165) is 43.8 Å². The first kappa shape index (κ1) is 87.2. The predicted molar refractivity (Wildman–Crippen MR) is 434 cm³/mol. The van der Waals surface area contributed by atoms with E-state index in [-0.39, 0.29) is 93.2 Å². The number of nitrogens with zero attached hydrogens (tertiary/aromatic N) is 12. The van der Waals surface area contributed by atoms with E-state index in [2.05, 4.69) is 0 Å². The van der Waals surface area contributed by atoms with Crippen LogP contribution < -0.4 is 31.4 Å². The number of amides is 3. The molecule has 0 spiro atoms. The van der Waals surface area contributed by atoms with Crippen LogP contribution in [0.1, 0.15) is 117 Å². The van der Waals surface area contributed by atoms with Crippen molar-refractivity contribution in [3.63, 3.8) is 0 Å². The second-order valence-corrected chi connectivity index (χ2v) is 27.5. The zero-order valence-corrected chi connectivity index (χ0v) is 63.4. The molecule has 3 amide bonds. The average Bonchev–Trinajstić information content (AvgIpc) is 0.924. The Bertz CT molecular complexity index is 4920. The van der Waals surface area contributed by atoms with Crippen molar-refractivity contribution < 1.29 is 56.2 Å². The maximum Gasteiger partial charge on any atom is 0.345 e. The number of aryl methyl sites for hydroxylation is 2. The summed E-state index contributed by atoms with van der Waals surface area (Å²) in [6.07, 6.45) is 1.48. The predicted octanol–water partition coefficient (Wildman–Crippen LogP) is 10.5. The van der Waals surface area contributed by atoms with E-state index in [1.807, 2.05) is 146 Å². The molecule has 0 unspecified atom stereocenters. The minimum Gasteiger partial charge on any atom is -0.462 e. The van der Waals surface area contributed by atoms with Crippen LogP contribution in [0, 0.1) is 25.5 Å². The van der Waals surface area contributed by atoms with Crippen LogP contribution in [0.5, 0.6) is 0 Å². The number of esters is 3. The van der Waals surface area contributed by atoms with E-state index in [4.69, 9.17) is 18.6 Å². The average molecular weight is 1530 g/mol. The van der Waals surface area contributed by atoms with Crippen molar-refractivity contribution in [2.75, 3.05) is 175 Å². The molecule has 7 heterocycles. The number of pyridine rings is 3. The Morgan fingerprint density at radius 2 is 0.712 bits per heavy atom. The Morgan fingerprint density at radius 1 is 0.396 bits per heavy atom. The van der Waals surface area contributed by atoms with Gasteiger partial charge in [0.1, 0.15) is 28.3 Å². The quantitative estimate of drug-likeness (QED) is 0.0480. The molecule has 3 aliphatic heterocycles. The molecule has 25 nitrogen and oxygen atoms in total. The molecule has 3 fully saturated rings. The molecule has 0 atom stereocenters. The van der Waals surface area contributed by atoms with E-state index in [1.54, 1.807) is 61.3 Å². The van der Waals surface area contributed by atoms with Gasteiger partial charge in [0.2, 0.25) is 0 Å². The fourth-order valence-corrected chi connectivity index (χ4v) is 13.7. The topological polar surface area (TPSA) is 238 Å². The third kappa shape index (κ3) is 20.1. The van der Waals surface area contributed by atoms with E-state index in [1.165, 1.54) is 54.8 Å². The summed E-state index contributed by atoms with van der Waals surface area (Å²) in [4.78, 5) is 136. The lowest BCUT2D eigenvalue weighted by atomic mass is 10.0. The van der Waals surface area contributed by atoms with Gasteiger partial charge in [0.25, 0.3) is 34.4 Å². The van der Waals surface area contributed by atoms with Crippen LogP contribution in [0.25, 0.3) is 32.7 Å². The smallest absolute Gasteiger partial charge is 0.345 e. The SMILES string of the molecule is C.C.C.CCOC(=O)c1c(N2CCN(C(=O)c3ccc(F)cc3)CC2)c2cc(C)ccc2n(CCN(C)C)c1=O.CCOC(=O)c1c(N2CCN(C(=O)c3ccc(F)cc3)CC2)c2ccccc2n(CCN(C)C)c1=O.CCOC(=O)c1c(N2CCN(C(=O)c3ccco3)CC2)c2cc(C)ccc2n(CCN(C)C)c1=O. The Morgan fingerprint density at radius 3 is 1.03 bits per heavy atom. The van der Waals surface area contributed by atoms with E-state index in [9.17, 15) is 51.9 Å². The van der Waals surface area contributed by atoms with Gasteiger partial charge >= 0.3 is 17.9 Å². The van der Waals surface area contributed by atoms with Crippen molar-refractivity contribution in [3.05, 3.63) is 215 Å². The second-order valence-electron chi connectivity index (χ2n) is 27.5. The molecule has 0 saturated carbocycles. The third-order valence-electron chi connectivity index (χ3n) is 19.2. The summed E-state index contributed by atoms with van der Waals surface area (Å²) in [6.45, 7) is 18.0. The molecule has 3 saturated heterocycles. The number of likely N-dealkylation sites (N-methyl/N-ethyl adjacent to an activating group) is 3. The molecular weight excluding hydrogens is 1420 g/mol. The lowest BCUT2D eigenvalue weighted by Gasteiger charge is -2.37. The van der Waals surface area contributed by atoms with Gasteiger partial charge in [-0.2, -0.15) is 0 Å². The molecule has 27 heteroatoms. The number of rotatable bonds is 21. The molecule has 5 aromatic carbocycles. The summed E-state index contributed by atoms with van der Waals surface area (Å²) in [5.41, 5.74) is 5.82. The molecule has 0 aliphatic carbocycles. The van der Waals surface area contributed by atoms with Crippen molar-refractivity contribution in [2.24, 2.45) is 0 Å². The third-order valence-corrected chi connectivity index (χ3v) is 19.2. The van der Waals surface area contributed by atoms with Gasteiger partial charge in [-0.05, 0) is 168 Å². The number of ether oxygens (including phenoxy) is 3. The highest BCUT2D eigenvalue weighted by atomic mass is 19.1. The molecule has 596 valence electrons. The van der Waals surface area contributed by atoms with Gasteiger partial charge in [-0.25, -0.2) is 23.2 Å². The van der Waals surface area contributed by atoms with Crippen LogP contribution in [0.2, 0.25) is 0 Å². The lowest BCUT2D eigenvalue weighted by molar-refractivity contribution is 0.0514. The van der Waals surface area contributed by atoms with E-state index < -0.39 is 29.5 Å². The highest BCUT2D eigenvalue weighted by molar-refractivity contribution is 6.08. The normalized spacial score (nSPS) is 13.6. The monoisotopic (exact) mass is 1530 g/mol. The van der Waals surface area contributed by atoms with E-state index in [0.29, 0.717) is 152 Å². The number of hydrogen-bond donors (Lipinski definition) is 0. The molecule has 0 bridgehead atoms.